The summed E-state index contributed by atoms with van der Waals surface area (Å²) in [4.78, 5) is 16.0. The molecule has 4 nitrogen and oxygen atoms in total. The highest BCUT2D eigenvalue weighted by Crippen LogP contribution is 2.24. The number of ether oxygens (including phenoxy) is 1. The van der Waals surface area contributed by atoms with Gasteiger partial charge in [0.2, 0.25) is 0 Å². The molecule has 0 aliphatic heterocycles. The second-order valence-electron chi connectivity index (χ2n) is 4.81. The second kappa shape index (κ2) is 8.25. The van der Waals surface area contributed by atoms with Crippen molar-refractivity contribution >= 4 is 29.3 Å². The first-order valence-electron chi connectivity index (χ1n) is 7.13. The Kier molecular flexibility index (Phi) is 6.34. The van der Waals surface area contributed by atoms with Crippen LogP contribution in [0.15, 0.2) is 35.6 Å². The molecule has 1 aromatic heterocycles. The molecule has 0 aliphatic carbocycles. The first-order valence-corrected chi connectivity index (χ1v) is 8.49. The van der Waals surface area contributed by atoms with Crippen molar-refractivity contribution in [1.82, 2.24) is 9.55 Å². The van der Waals surface area contributed by atoms with Crippen LogP contribution in [0.1, 0.15) is 24.6 Å². The zero-order valence-electron chi connectivity index (χ0n) is 12.7. The summed E-state index contributed by atoms with van der Waals surface area (Å²) in [5.41, 5.74) is 1.84. The van der Waals surface area contributed by atoms with Crippen LogP contribution in [0.5, 0.6) is 0 Å². The Morgan fingerprint density at radius 3 is 2.86 bits per heavy atom. The lowest BCUT2D eigenvalue weighted by Crippen LogP contribution is -2.12. The molecule has 0 saturated heterocycles. The van der Waals surface area contributed by atoms with E-state index in [2.05, 4.69) is 11.9 Å². The van der Waals surface area contributed by atoms with Crippen molar-refractivity contribution < 1.29 is 9.53 Å². The van der Waals surface area contributed by atoms with Crippen LogP contribution >= 0.6 is 23.4 Å². The maximum Gasteiger partial charge on any atom is 0.311 e. The highest BCUT2D eigenvalue weighted by Gasteiger charge is 2.15. The Hall–Kier alpha value is -1.46. The van der Waals surface area contributed by atoms with Gasteiger partial charge in [0.25, 0.3) is 0 Å². The van der Waals surface area contributed by atoms with Crippen LogP contribution in [-0.2, 0) is 22.5 Å². The number of imidazole rings is 1. The number of halogens is 1. The third kappa shape index (κ3) is 4.27. The van der Waals surface area contributed by atoms with Gasteiger partial charge in [-0.05, 0) is 18.1 Å². The summed E-state index contributed by atoms with van der Waals surface area (Å²) in [6.45, 7) is 2.72. The van der Waals surface area contributed by atoms with Crippen molar-refractivity contribution in [2.75, 3.05) is 12.9 Å². The molecule has 0 unspecified atom stereocenters. The first-order chi connectivity index (χ1) is 10.7. The lowest BCUT2D eigenvalue weighted by Gasteiger charge is -2.12. The highest BCUT2D eigenvalue weighted by atomic mass is 35.5. The number of aromatic nitrogens is 2. The Morgan fingerprint density at radius 2 is 2.18 bits per heavy atom. The van der Waals surface area contributed by atoms with Crippen LogP contribution in [0.3, 0.4) is 0 Å². The number of hydrogen-bond acceptors (Lipinski definition) is 4. The molecule has 0 aliphatic rings. The van der Waals surface area contributed by atoms with E-state index in [1.807, 2.05) is 28.8 Å². The van der Waals surface area contributed by atoms with Crippen molar-refractivity contribution in [2.45, 2.75) is 31.5 Å². The molecule has 0 radical (unpaired) electrons. The molecule has 0 atom stereocenters. The first kappa shape index (κ1) is 16.9. The Bertz CT molecular complexity index is 643. The summed E-state index contributed by atoms with van der Waals surface area (Å²) in [6, 6.07) is 7.71. The monoisotopic (exact) mass is 338 g/mol. The van der Waals surface area contributed by atoms with E-state index < -0.39 is 0 Å². The fourth-order valence-electron chi connectivity index (χ4n) is 2.03. The number of esters is 1. The van der Waals surface area contributed by atoms with E-state index in [4.69, 9.17) is 16.3 Å². The van der Waals surface area contributed by atoms with E-state index in [-0.39, 0.29) is 12.4 Å². The fraction of sp³-hybridized carbons (Fsp3) is 0.375. The topological polar surface area (TPSA) is 44.1 Å². The van der Waals surface area contributed by atoms with E-state index >= 15 is 0 Å². The number of hydrogen-bond donors (Lipinski definition) is 0. The summed E-state index contributed by atoms with van der Waals surface area (Å²) >= 11 is 7.94. The molecule has 118 valence electrons. The Labute approximate surface area is 139 Å². The number of thioether (sulfide) groups is 1. The molecule has 2 rings (SSSR count). The molecule has 0 bridgehead atoms. The van der Waals surface area contributed by atoms with E-state index in [9.17, 15) is 4.79 Å². The van der Waals surface area contributed by atoms with Crippen LogP contribution in [0.2, 0.25) is 5.02 Å². The summed E-state index contributed by atoms with van der Waals surface area (Å²) in [6.07, 6.45) is 3.02. The van der Waals surface area contributed by atoms with Crippen LogP contribution in [0, 0.1) is 0 Å². The summed E-state index contributed by atoms with van der Waals surface area (Å²) < 4.78 is 6.80. The van der Waals surface area contributed by atoms with Gasteiger partial charge in [0.1, 0.15) is 0 Å². The molecule has 1 heterocycles. The van der Waals surface area contributed by atoms with Gasteiger partial charge in [0, 0.05) is 22.7 Å². The number of nitrogens with zero attached hydrogens (tertiary/aromatic N) is 2. The predicted octanol–water partition coefficient (Wildman–Crippen LogP) is 3.80. The Balaban J connectivity index is 2.30. The minimum absolute atomic E-state index is 0.209. The molecule has 0 saturated carbocycles. The Morgan fingerprint density at radius 1 is 1.41 bits per heavy atom. The number of methoxy groups -OCH3 is 1. The van der Waals surface area contributed by atoms with Crippen molar-refractivity contribution in [1.29, 1.82) is 0 Å². The normalized spacial score (nSPS) is 10.7. The highest BCUT2D eigenvalue weighted by molar-refractivity contribution is 7.99. The van der Waals surface area contributed by atoms with Gasteiger partial charge in [-0.1, -0.05) is 48.5 Å². The fourth-order valence-corrected chi connectivity index (χ4v) is 3.07. The molecule has 1 aromatic carbocycles. The average molecular weight is 339 g/mol. The van der Waals surface area contributed by atoms with Crippen LogP contribution in [-0.4, -0.2) is 28.4 Å². The molecule has 0 fully saturated rings. The zero-order chi connectivity index (χ0) is 15.9. The van der Waals surface area contributed by atoms with E-state index in [0.717, 1.165) is 28.6 Å². The molecule has 0 spiro atoms. The maximum atomic E-state index is 11.6. The smallest absolute Gasteiger partial charge is 0.311 e. The minimum atomic E-state index is -0.271. The molecule has 0 amide bonds. The summed E-state index contributed by atoms with van der Waals surface area (Å²) in [7, 11) is 1.39. The van der Waals surface area contributed by atoms with Gasteiger partial charge in [-0.3, -0.25) is 4.79 Å². The van der Waals surface area contributed by atoms with E-state index in [0.29, 0.717) is 11.6 Å². The summed E-state index contributed by atoms with van der Waals surface area (Å²) in [5.74, 6) is 0.712. The number of carbonyl (C=O) groups is 1. The van der Waals surface area contributed by atoms with Gasteiger partial charge < -0.3 is 9.30 Å². The lowest BCUT2D eigenvalue weighted by atomic mass is 10.2. The number of benzene rings is 1. The standard InChI is InChI=1S/C16H19ClN2O2S/c1-3-8-22-16-18-10-13(9-15(20)21-2)19(16)11-12-6-4-5-7-14(12)17/h4-7,10H,3,8-9,11H2,1-2H3. The minimum Gasteiger partial charge on any atom is -0.469 e. The SMILES string of the molecule is CCCSc1ncc(CC(=O)OC)n1Cc1ccccc1Cl. The van der Waals surface area contributed by atoms with Crippen LogP contribution in [0.4, 0.5) is 0 Å². The van der Waals surface area contributed by atoms with Gasteiger partial charge in [0.15, 0.2) is 5.16 Å². The van der Waals surface area contributed by atoms with Gasteiger partial charge in [-0.15, -0.1) is 0 Å². The molecule has 0 N–H and O–H groups in total. The lowest BCUT2D eigenvalue weighted by molar-refractivity contribution is -0.139. The third-order valence-corrected chi connectivity index (χ3v) is 4.74. The zero-order valence-corrected chi connectivity index (χ0v) is 14.3. The molecule has 6 heteroatoms. The summed E-state index contributed by atoms with van der Waals surface area (Å²) in [5, 5.41) is 1.62. The maximum absolute atomic E-state index is 11.6. The van der Waals surface area contributed by atoms with Crippen molar-refractivity contribution in [2.24, 2.45) is 0 Å². The van der Waals surface area contributed by atoms with Gasteiger partial charge >= 0.3 is 5.97 Å². The van der Waals surface area contributed by atoms with Gasteiger partial charge in [-0.25, -0.2) is 4.98 Å². The largest absolute Gasteiger partial charge is 0.469 e. The third-order valence-electron chi connectivity index (χ3n) is 3.18. The van der Waals surface area contributed by atoms with Crippen molar-refractivity contribution in [3.05, 3.63) is 46.7 Å². The van der Waals surface area contributed by atoms with E-state index in [1.165, 1.54) is 7.11 Å². The van der Waals surface area contributed by atoms with Crippen LogP contribution < -0.4 is 0 Å². The number of rotatable bonds is 7. The molecular weight excluding hydrogens is 320 g/mol. The second-order valence-corrected chi connectivity index (χ2v) is 6.28. The van der Waals surface area contributed by atoms with Crippen molar-refractivity contribution in [3.63, 3.8) is 0 Å². The van der Waals surface area contributed by atoms with E-state index in [1.54, 1.807) is 18.0 Å². The van der Waals surface area contributed by atoms with Gasteiger partial charge in [-0.2, -0.15) is 0 Å². The quantitative estimate of drug-likeness (QED) is 0.569. The van der Waals surface area contributed by atoms with Crippen LogP contribution in [0.25, 0.3) is 0 Å². The molecule has 2 aromatic rings. The van der Waals surface area contributed by atoms with Crippen molar-refractivity contribution in [3.8, 4) is 0 Å². The average Bonchev–Trinajstić information content (AvgIpc) is 2.89. The predicted molar refractivity (Wildman–Crippen MR) is 89.5 cm³/mol. The molecular formula is C16H19ClN2O2S. The van der Waals surface area contributed by atoms with Gasteiger partial charge in [0.05, 0.1) is 20.1 Å². The number of carbonyl (C=O) groups excluding carboxylic acids is 1. The molecule has 22 heavy (non-hydrogen) atoms.